The Morgan fingerprint density at radius 2 is 1.43 bits per heavy atom. The molecule has 0 saturated heterocycles. The molecule has 0 saturated carbocycles. The molecule has 4 nitrogen and oxygen atoms in total. The van der Waals surface area contributed by atoms with E-state index in [2.05, 4.69) is 6.07 Å². The van der Waals surface area contributed by atoms with Gasteiger partial charge in [0.2, 0.25) is 0 Å². The van der Waals surface area contributed by atoms with Crippen molar-refractivity contribution in [2.45, 2.75) is 12.8 Å². The monoisotopic (exact) mass is 309 g/mol. The third kappa shape index (κ3) is 4.35. The second-order valence-electron chi connectivity index (χ2n) is 5.16. The molecule has 23 heavy (non-hydrogen) atoms. The summed E-state index contributed by atoms with van der Waals surface area (Å²) >= 11 is 0. The van der Waals surface area contributed by atoms with Gasteiger partial charge in [-0.3, -0.25) is 0 Å². The molecule has 0 spiro atoms. The van der Waals surface area contributed by atoms with Gasteiger partial charge in [0, 0.05) is 24.9 Å². The summed E-state index contributed by atoms with van der Waals surface area (Å²) in [7, 11) is 1.64. The number of methoxy groups -OCH3 is 1. The number of aromatic hydroxyl groups is 2. The molecule has 2 N–H and O–H groups in total. The zero-order valence-electron chi connectivity index (χ0n) is 13.0. The minimum Gasteiger partial charge on any atom is -0.508 e. The van der Waals surface area contributed by atoms with Crippen molar-refractivity contribution in [2.24, 2.45) is 0 Å². The summed E-state index contributed by atoms with van der Waals surface area (Å²) < 4.78 is 5.06. The van der Waals surface area contributed by atoms with Crippen LogP contribution in [0, 0.1) is 11.3 Å². The highest BCUT2D eigenvalue weighted by atomic mass is 16.5. The minimum absolute atomic E-state index is 0.177. The number of hydrogen-bond donors (Lipinski definition) is 2. The molecule has 0 fully saturated rings. The average Bonchev–Trinajstić information content (AvgIpc) is 2.57. The highest BCUT2D eigenvalue weighted by Gasteiger charge is 2.12. The van der Waals surface area contributed by atoms with E-state index in [1.165, 1.54) is 0 Å². The van der Waals surface area contributed by atoms with Gasteiger partial charge in [0.25, 0.3) is 0 Å². The Morgan fingerprint density at radius 1 is 0.957 bits per heavy atom. The largest absolute Gasteiger partial charge is 0.508 e. The van der Waals surface area contributed by atoms with Gasteiger partial charge < -0.3 is 14.9 Å². The van der Waals surface area contributed by atoms with Crippen LogP contribution in [0.1, 0.15) is 24.0 Å². The highest BCUT2D eigenvalue weighted by Crippen LogP contribution is 2.30. The first-order valence-electron chi connectivity index (χ1n) is 7.36. The molecule has 0 radical (unpaired) electrons. The Hall–Kier alpha value is -2.77. The van der Waals surface area contributed by atoms with Gasteiger partial charge in [0.05, 0.1) is 6.07 Å². The summed E-state index contributed by atoms with van der Waals surface area (Å²) in [6.07, 6.45) is 1.35. The van der Waals surface area contributed by atoms with Crippen LogP contribution in [-0.2, 0) is 4.74 Å². The number of allylic oxidation sites excluding steroid dienone is 1. The van der Waals surface area contributed by atoms with Crippen LogP contribution in [0.5, 0.6) is 11.5 Å². The predicted molar refractivity (Wildman–Crippen MR) is 89.0 cm³/mol. The van der Waals surface area contributed by atoms with E-state index in [4.69, 9.17) is 4.74 Å². The maximum Gasteiger partial charge on any atom is 0.115 e. The van der Waals surface area contributed by atoms with E-state index in [1.807, 2.05) is 0 Å². The summed E-state index contributed by atoms with van der Waals surface area (Å²) in [5, 5.41) is 28.5. The van der Waals surface area contributed by atoms with Crippen molar-refractivity contribution in [1.82, 2.24) is 0 Å². The first-order valence-corrected chi connectivity index (χ1v) is 7.36. The van der Waals surface area contributed by atoms with Gasteiger partial charge in [-0.1, -0.05) is 24.3 Å². The average molecular weight is 309 g/mol. The molecular weight excluding hydrogens is 290 g/mol. The van der Waals surface area contributed by atoms with Crippen LogP contribution < -0.4 is 0 Å². The number of ether oxygens (including phenoxy) is 1. The van der Waals surface area contributed by atoms with Crippen molar-refractivity contribution < 1.29 is 14.9 Å². The number of nitrogens with zero attached hydrogens (tertiary/aromatic N) is 1. The van der Waals surface area contributed by atoms with E-state index in [1.54, 1.807) is 55.6 Å². The van der Waals surface area contributed by atoms with Gasteiger partial charge in [-0.25, -0.2) is 0 Å². The predicted octanol–water partition coefficient (Wildman–Crippen LogP) is 3.85. The Kier molecular flexibility index (Phi) is 5.79. The number of phenols is 2. The van der Waals surface area contributed by atoms with Crippen molar-refractivity contribution in [1.29, 1.82) is 5.26 Å². The molecule has 2 rings (SSSR count). The smallest absolute Gasteiger partial charge is 0.115 e. The Morgan fingerprint density at radius 3 is 1.83 bits per heavy atom. The lowest BCUT2D eigenvalue weighted by atomic mass is 9.91. The van der Waals surface area contributed by atoms with E-state index in [-0.39, 0.29) is 11.5 Å². The van der Waals surface area contributed by atoms with E-state index in [0.717, 1.165) is 23.1 Å². The normalized spacial score (nSPS) is 10.1. The molecule has 0 aliphatic heterocycles. The number of benzene rings is 2. The SMILES string of the molecule is COCCCC(C#N)=C(c1ccc(O)cc1)c1ccc(O)cc1. The summed E-state index contributed by atoms with van der Waals surface area (Å²) in [5.74, 6) is 0.355. The molecule has 4 heteroatoms. The fraction of sp³-hybridized carbons (Fsp3) is 0.211. The zero-order valence-corrected chi connectivity index (χ0v) is 13.0. The highest BCUT2D eigenvalue weighted by molar-refractivity contribution is 5.84. The van der Waals surface area contributed by atoms with Crippen molar-refractivity contribution >= 4 is 5.57 Å². The molecule has 0 aliphatic carbocycles. The molecule has 0 amide bonds. The molecule has 0 unspecified atom stereocenters. The fourth-order valence-corrected chi connectivity index (χ4v) is 2.40. The van der Waals surface area contributed by atoms with Crippen molar-refractivity contribution in [3.05, 3.63) is 65.2 Å². The van der Waals surface area contributed by atoms with Crippen molar-refractivity contribution in [3.8, 4) is 17.6 Å². The standard InChI is InChI=1S/C19H19NO3/c1-23-12-2-3-16(13-20)19(14-4-8-17(21)9-5-14)15-6-10-18(22)11-7-15/h4-11,21-22H,2-3,12H2,1H3. The summed E-state index contributed by atoms with van der Waals surface area (Å²) in [6, 6.07) is 15.8. The van der Waals surface area contributed by atoms with E-state index < -0.39 is 0 Å². The first-order chi connectivity index (χ1) is 11.2. The maximum absolute atomic E-state index is 9.58. The first kappa shape index (κ1) is 16.6. The molecule has 0 aromatic heterocycles. The van der Waals surface area contributed by atoms with Crippen molar-refractivity contribution in [3.63, 3.8) is 0 Å². The van der Waals surface area contributed by atoms with Crippen LogP contribution in [0.3, 0.4) is 0 Å². The second kappa shape index (κ2) is 8.02. The van der Waals surface area contributed by atoms with Gasteiger partial charge in [0.1, 0.15) is 11.5 Å². The maximum atomic E-state index is 9.58. The van der Waals surface area contributed by atoms with Crippen LogP contribution in [0.25, 0.3) is 5.57 Å². The van der Waals surface area contributed by atoms with Gasteiger partial charge in [-0.2, -0.15) is 5.26 Å². The lowest BCUT2D eigenvalue weighted by Crippen LogP contribution is -1.96. The summed E-state index contributed by atoms with van der Waals surface area (Å²) in [4.78, 5) is 0. The molecule has 0 atom stereocenters. The molecule has 2 aromatic rings. The van der Waals surface area contributed by atoms with Crippen LogP contribution in [0.2, 0.25) is 0 Å². The van der Waals surface area contributed by atoms with Gasteiger partial charge in [-0.05, 0) is 48.2 Å². The van der Waals surface area contributed by atoms with Crippen LogP contribution in [-0.4, -0.2) is 23.9 Å². The topological polar surface area (TPSA) is 73.5 Å². The number of nitriles is 1. The van der Waals surface area contributed by atoms with Crippen molar-refractivity contribution in [2.75, 3.05) is 13.7 Å². The number of phenolic OH excluding ortho intramolecular Hbond substituents is 2. The van der Waals surface area contributed by atoms with Crippen LogP contribution in [0.15, 0.2) is 54.1 Å². The molecule has 0 bridgehead atoms. The van der Waals surface area contributed by atoms with Gasteiger partial charge in [0.15, 0.2) is 0 Å². The Balaban J connectivity index is 2.51. The summed E-state index contributed by atoms with van der Waals surface area (Å²) in [5.41, 5.74) is 3.16. The third-order valence-electron chi connectivity index (χ3n) is 3.52. The van der Waals surface area contributed by atoms with Gasteiger partial charge in [-0.15, -0.1) is 0 Å². The summed E-state index contributed by atoms with van der Waals surface area (Å²) in [6.45, 7) is 0.587. The minimum atomic E-state index is 0.177. The quantitative estimate of drug-likeness (QED) is 0.628. The van der Waals surface area contributed by atoms with E-state index in [0.29, 0.717) is 18.6 Å². The molecule has 118 valence electrons. The Labute approximate surface area is 135 Å². The molecular formula is C19H19NO3. The third-order valence-corrected chi connectivity index (χ3v) is 3.52. The fourth-order valence-electron chi connectivity index (χ4n) is 2.40. The number of rotatable bonds is 6. The lowest BCUT2D eigenvalue weighted by molar-refractivity contribution is 0.195. The molecule has 2 aromatic carbocycles. The second-order valence-corrected chi connectivity index (χ2v) is 5.16. The van der Waals surface area contributed by atoms with Gasteiger partial charge >= 0.3 is 0 Å². The van der Waals surface area contributed by atoms with Crippen LogP contribution in [0.4, 0.5) is 0 Å². The van der Waals surface area contributed by atoms with E-state index >= 15 is 0 Å². The van der Waals surface area contributed by atoms with E-state index in [9.17, 15) is 15.5 Å². The number of hydrogen-bond acceptors (Lipinski definition) is 4. The van der Waals surface area contributed by atoms with Crippen LogP contribution >= 0.6 is 0 Å². The lowest BCUT2D eigenvalue weighted by Gasteiger charge is -2.12. The zero-order chi connectivity index (χ0) is 16.7. The molecule has 0 heterocycles. The molecule has 0 aliphatic rings. The Bertz CT molecular complexity index is 662.